The van der Waals surface area contributed by atoms with Crippen LogP contribution in [0, 0.1) is 11.2 Å². The van der Waals surface area contributed by atoms with Crippen molar-refractivity contribution in [3.05, 3.63) is 34.1 Å². The molecule has 1 amide bonds. The summed E-state index contributed by atoms with van der Waals surface area (Å²) in [6.45, 7) is 2.51. The van der Waals surface area contributed by atoms with Gasteiger partial charge >= 0.3 is 5.97 Å². The average Bonchev–Trinajstić information content (AvgIpc) is 2.47. The van der Waals surface area contributed by atoms with Gasteiger partial charge in [0.05, 0.1) is 5.41 Å². The van der Waals surface area contributed by atoms with Crippen LogP contribution in [0.5, 0.6) is 0 Å². The van der Waals surface area contributed by atoms with Crippen molar-refractivity contribution in [1.82, 2.24) is 4.90 Å². The Morgan fingerprint density at radius 3 is 2.86 bits per heavy atom. The van der Waals surface area contributed by atoms with Gasteiger partial charge in [0.1, 0.15) is 5.82 Å². The maximum absolute atomic E-state index is 13.2. The summed E-state index contributed by atoms with van der Waals surface area (Å²) < 4.78 is 14.0. The average molecular weight is 372 g/mol. The molecule has 1 N–H and O–H groups in total. The Morgan fingerprint density at radius 1 is 1.45 bits per heavy atom. The van der Waals surface area contributed by atoms with Gasteiger partial charge in [-0.15, -0.1) is 0 Å². The Balaban J connectivity index is 1.97. The third-order valence-electron chi connectivity index (χ3n) is 4.18. The minimum absolute atomic E-state index is 0.0802. The van der Waals surface area contributed by atoms with Gasteiger partial charge in [0.25, 0.3) is 0 Å². The van der Waals surface area contributed by atoms with E-state index in [-0.39, 0.29) is 24.7 Å². The SMILES string of the molecule is CC1(C(=O)O)CCCN(C(=O)CCc2cc(F)ccc2Br)C1. The third-order valence-corrected chi connectivity index (χ3v) is 4.96. The maximum Gasteiger partial charge on any atom is 0.311 e. The van der Waals surface area contributed by atoms with E-state index in [1.807, 2.05) is 0 Å². The lowest BCUT2D eigenvalue weighted by Crippen LogP contribution is -2.48. The lowest BCUT2D eigenvalue weighted by molar-refractivity contribution is -0.153. The molecule has 4 nitrogen and oxygen atoms in total. The zero-order valence-electron chi connectivity index (χ0n) is 12.4. The van der Waals surface area contributed by atoms with Crippen molar-refractivity contribution in [2.45, 2.75) is 32.6 Å². The molecule has 0 aliphatic carbocycles. The van der Waals surface area contributed by atoms with Crippen LogP contribution in [0.1, 0.15) is 31.7 Å². The molecule has 0 radical (unpaired) electrons. The zero-order valence-corrected chi connectivity index (χ0v) is 14.0. The van der Waals surface area contributed by atoms with E-state index in [4.69, 9.17) is 0 Å². The molecule has 0 spiro atoms. The van der Waals surface area contributed by atoms with Crippen LogP contribution >= 0.6 is 15.9 Å². The number of likely N-dealkylation sites (tertiary alicyclic amines) is 1. The molecule has 1 unspecified atom stereocenters. The summed E-state index contributed by atoms with van der Waals surface area (Å²) in [5, 5.41) is 9.29. The molecule has 6 heteroatoms. The van der Waals surface area contributed by atoms with Crippen LogP contribution in [-0.2, 0) is 16.0 Å². The van der Waals surface area contributed by atoms with Crippen LogP contribution in [-0.4, -0.2) is 35.0 Å². The number of hydrogen-bond acceptors (Lipinski definition) is 2. The lowest BCUT2D eigenvalue weighted by Gasteiger charge is -2.37. The van der Waals surface area contributed by atoms with Gasteiger partial charge in [0, 0.05) is 24.0 Å². The van der Waals surface area contributed by atoms with E-state index in [0.29, 0.717) is 25.8 Å². The first-order chi connectivity index (χ1) is 10.3. The van der Waals surface area contributed by atoms with Gasteiger partial charge in [0.15, 0.2) is 0 Å². The van der Waals surface area contributed by atoms with Crippen molar-refractivity contribution in [3.8, 4) is 0 Å². The fourth-order valence-corrected chi connectivity index (χ4v) is 3.21. The lowest BCUT2D eigenvalue weighted by atomic mass is 9.82. The molecule has 1 aliphatic rings. The van der Waals surface area contributed by atoms with Crippen LogP contribution in [0.3, 0.4) is 0 Å². The number of aryl methyl sites for hydroxylation is 1. The molecule has 1 saturated heterocycles. The normalized spacial score (nSPS) is 21.7. The zero-order chi connectivity index (χ0) is 16.3. The van der Waals surface area contributed by atoms with Crippen LogP contribution in [0.4, 0.5) is 4.39 Å². The number of carbonyl (C=O) groups excluding carboxylic acids is 1. The summed E-state index contributed by atoms with van der Waals surface area (Å²) in [5.74, 6) is -1.27. The minimum Gasteiger partial charge on any atom is -0.481 e. The quantitative estimate of drug-likeness (QED) is 0.883. The van der Waals surface area contributed by atoms with Gasteiger partial charge < -0.3 is 10.0 Å². The summed E-state index contributed by atoms with van der Waals surface area (Å²) >= 11 is 3.34. The fourth-order valence-electron chi connectivity index (χ4n) is 2.76. The number of piperidine rings is 1. The third kappa shape index (κ3) is 3.85. The molecule has 1 fully saturated rings. The molecule has 1 aromatic rings. The predicted molar refractivity (Wildman–Crippen MR) is 84.0 cm³/mol. The van der Waals surface area contributed by atoms with E-state index < -0.39 is 11.4 Å². The highest BCUT2D eigenvalue weighted by atomic mass is 79.9. The first-order valence-corrected chi connectivity index (χ1v) is 8.06. The number of hydrogen-bond donors (Lipinski definition) is 1. The molecular formula is C16H19BrFNO3. The number of benzene rings is 1. The maximum atomic E-state index is 13.2. The van der Waals surface area contributed by atoms with Gasteiger partial charge in [-0.25, -0.2) is 4.39 Å². The van der Waals surface area contributed by atoms with Gasteiger partial charge in [-0.05, 0) is 49.9 Å². The molecule has 1 aromatic carbocycles. The van der Waals surface area contributed by atoms with Crippen molar-refractivity contribution >= 4 is 27.8 Å². The van der Waals surface area contributed by atoms with E-state index in [0.717, 1.165) is 10.0 Å². The van der Waals surface area contributed by atoms with Crippen molar-refractivity contribution in [2.75, 3.05) is 13.1 Å². The topological polar surface area (TPSA) is 57.6 Å². The first-order valence-electron chi connectivity index (χ1n) is 7.27. The van der Waals surface area contributed by atoms with E-state index in [9.17, 15) is 19.1 Å². The molecule has 2 rings (SSSR count). The number of carboxylic acid groups (broad SMARTS) is 1. The second-order valence-corrected chi connectivity index (χ2v) is 6.87. The van der Waals surface area contributed by atoms with Crippen molar-refractivity contribution in [2.24, 2.45) is 5.41 Å². The molecule has 22 heavy (non-hydrogen) atoms. The van der Waals surface area contributed by atoms with Crippen molar-refractivity contribution < 1.29 is 19.1 Å². The van der Waals surface area contributed by atoms with Crippen LogP contribution in [0.25, 0.3) is 0 Å². The van der Waals surface area contributed by atoms with E-state index in [1.165, 1.54) is 12.1 Å². The van der Waals surface area contributed by atoms with Gasteiger partial charge in [-0.3, -0.25) is 9.59 Å². The number of carboxylic acids is 1. The summed E-state index contributed by atoms with van der Waals surface area (Å²) in [4.78, 5) is 25.2. The number of aliphatic carboxylic acids is 1. The van der Waals surface area contributed by atoms with Gasteiger partial charge in [-0.1, -0.05) is 15.9 Å². The summed E-state index contributed by atoms with van der Waals surface area (Å²) in [6.07, 6.45) is 1.95. The predicted octanol–water partition coefficient (Wildman–Crippen LogP) is 3.23. The van der Waals surface area contributed by atoms with E-state index in [1.54, 1.807) is 17.9 Å². The Labute approximate surface area is 137 Å². The molecule has 120 valence electrons. The summed E-state index contributed by atoms with van der Waals surface area (Å²) in [5.41, 5.74) is -0.126. The van der Waals surface area contributed by atoms with Crippen LogP contribution in [0.15, 0.2) is 22.7 Å². The Morgan fingerprint density at radius 2 is 2.18 bits per heavy atom. The number of rotatable bonds is 4. The summed E-state index contributed by atoms with van der Waals surface area (Å²) in [6, 6.07) is 4.39. The van der Waals surface area contributed by atoms with Gasteiger partial charge in [-0.2, -0.15) is 0 Å². The standard InChI is InChI=1S/C16H19BrFNO3/c1-16(15(21)22)7-2-8-19(10-16)14(20)6-3-11-9-12(18)4-5-13(11)17/h4-5,9H,2-3,6-8,10H2,1H3,(H,21,22). The molecular weight excluding hydrogens is 353 g/mol. The Hall–Kier alpha value is -1.43. The second-order valence-electron chi connectivity index (χ2n) is 6.02. The van der Waals surface area contributed by atoms with E-state index >= 15 is 0 Å². The van der Waals surface area contributed by atoms with Crippen molar-refractivity contribution in [3.63, 3.8) is 0 Å². The fraction of sp³-hybridized carbons (Fsp3) is 0.500. The minimum atomic E-state index is -0.868. The smallest absolute Gasteiger partial charge is 0.311 e. The largest absolute Gasteiger partial charge is 0.481 e. The number of halogens is 2. The summed E-state index contributed by atoms with van der Waals surface area (Å²) in [7, 11) is 0. The number of nitrogens with zero attached hydrogens (tertiary/aromatic N) is 1. The Kier molecular flexibility index (Phi) is 5.21. The highest BCUT2D eigenvalue weighted by Crippen LogP contribution is 2.30. The molecule has 0 saturated carbocycles. The highest BCUT2D eigenvalue weighted by Gasteiger charge is 2.39. The van der Waals surface area contributed by atoms with Crippen molar-refractivity contribution in [1.29, 1.82) is 0 Å². The second kappa shape index (κ2) is 6.77. The monoisotopic (exact) mass is 371 g/mol. The highest BCUT2D eigenvalue weighted by molar-refractivity contribution is 9.10. The Bertz CT molecular complexity index is 593. The van der Waals surface area contributed by atoms with Crippen LogP contribution < -0.4 is 0 Å². The molecule has 1 heterocycles. The van der Waals surface area contributed by atoms with Crippen LogP contribution in [0.2, 0.25) is 0 Å². The molecule has 1 atom stereocenters. The molecule has 1 aliphatic heterocycles. The first kappa shape index (κ1) is 16.9. The number of amides is 1. The molecule has 0 bridgehead atoms. The van der Waals surface area contributed by atoms with E-state index in [2.05, 4.69) is 15.9 Å². The van der Waals surface area contributed by atoms with Gasteiger partial charge in [0.2, 0.25) is 5.91 Å². The number of carbonyl (C=O) groups is 2. The molecule has 0 aromatic heterocycles.